The number of carbonyl (C=O) groups is 1. The van der Waals surface area contributed by atoms with Crippen molar-refractivity contribution in [3.8, 4) is 5.88 Å². The van der Waals surface area contributed by atoms with E-state index in [0.717, 1.165) is 11.3 Å². The predicted molar refractivity (Wildman–Crippen MR) is 77.6 cm³/mol. The molecular weight excluding hydrogens is 316 g/mol. The highest BCUT2D eigenvalue weighted by atomic mass is 32.2. The fourth-order valence-electron chi connectivity index (χ4n) is 1.74. The number of carboxylic acids is 1. The quantitative estimate of drug-likeness (QED) is 0.869. The van der Waals surface area contributed by atoms with Gasteiger partial charge in [-0.1, -0.05) is 0 Å². The molecule has 0 aliphatic heterocycles. The van der Waals surface area contributed by atoms with E-state index in [1.807, 2.05) is 0 Å². The molecule has 2 rings (SSSR count). The Labute approximate surface area is 125 Å². The number of thiophene rings is 1. The molecule has 2 aromatic heterocycles. The van der Waals surface area contributed by atoms with Gasteiger partial charge in [0.05, 0.1) is 7.11 Å². The van der Waals surface area contributed by atoms with Crippen LogP contribution in [0.15, 0.2) is 28.6 Å². The normalized spacial score (nSPS) is 11.1. The van der Waals surface area contributed by atoms with Crippen LogP contribution in [0.1, 0.15) is 15.2 Å². The number of nitrogens with zero attached hydrogens (tertiary/aromatic N) is 1. The van der Waals surface area contributed by atoms with Crippen molar-refractivity contribution >= 4 is 33.0 Å². The van der Waals surface area contributed by atoms with Crippen LogP contribution in [-0.2, 0) is 10.0 Å². The second-order valence-electron chi connectivity index (χ2n) is 4.05. The number of sulfonamides is 1. The van der Waals surface area contributed by atoms with Crippen molar-refractivity contribution in [2.45, 2.75) is 11.8 Å². The van der Waals surface area contributed by atoms with E-state index < -0.39 is 16.0 Å². The van der Waals surface area contributed by atoms with E-state index in [4.69, 9.17) is 9.84 Å². The fraction of sp³-hybridized carbons (Fsp3) is 0.167. The maximum absolute atomic E-state index is 12.4. The van der Waals surface area contributed by atoms with Gasteiger partial charge in [-0.25, -0.2) is 18.2 Å². The van der Waals surface area contributed by atoms with Crippen LogP contribution in [0.4, 0.5) is 5.69 Å². The van der Waals surface area contributed by atoms with Gasteiger partial charge in [-0.3, -0.25) is 4.72 Å². The van der Waals surface area contributed by atoms with Crippen LogP contribution < -0.4 is 9.46 Å². The molecule has 0 aliphatic rings. The Morgan fingerprint density at radius 2 is 2.19 bits per heavy atom. The van der Waals surface area contributed by atoms with Crippen LogP contribution >= 0.6 is 11.3 Å². The zero-order chi connectivity index (χ0) is 15.6. The molecule has 0 aliphatic carbocycles. The molecule has 0 bridgehead atoms. The molecule has 0 saturated heterocycles. The number of rotatable bonds is 5. The summed E-state index contributed by atoms with van der Waals surface area (Å²) in [6, 6.07) is 3.02. The van der Waals surface area contributed by atoms with E-state index >= 15 is 0 Å². The first kappa shape index (κ1) is 15.3. The van der Waals surface area contributed by atoms with Crippen molar-refractivity contribution < 1.29 is 23.1 Å². The molecule has 112 valence electrons. The summed E-state index contributed by atoms with van der Waals surface area (Å²) in [5.74, 6) is -1.18. The number of aromatic nitrogens is 1. The zero-order valence-electron chi connectivity index (χ0n) is 11.2. The molecule has 2 heterocycles. The van der Waals surface area contributed by atoms with Crippen molar-refractivity contribution in [3.63, 3.8) is 0 Å². The summed E-state index contributed by atoms with van der Waals surface area (Å²) in [6.45, 7) is 1.54. The van der Waals surface area contributed by atoms with Gasteiger partial charge in [0.2, 0.25) is 5.88 Å². The number of carboxylic acid groups (broad SMARTS) is 1. The van der Waals surface area contributed by atoms with Gasteiger partial charge < -0.3 is 9.84 Å². The first-order valence-corrected chi connectivity index (χ1v) is 8.06. The molecule has 0 spiro atoms. The zero-order valence-corrected chi connectivity index (χ0v) is 12.8. The summed E-state index contributed by atoms with van der Waals surface area (Å²) >= 11 is 0.866. The number of ether oxygens (including phenoxy) is 1. The van der Waals surface area contributed by atoms with E-state index in [9.17, 15) is 13.2 Å². The third-order valence-electron chi connectivity index (χ3n) is 2.59. The topological polar surface area (TPSA) is 106 Å². The Balaban J connectivity index is 2.49. The van der Waals surface area contributed by atoms with Crippen molar-refractivity contribution in [1.29, 1.82) is 0 Å². The maximum Gasteiger partial charge on any atom is 0.347 e. The van der Waals surface area contributed by atoms with Crippen molar-refractivity contribution in [1.82, 2.24) is 4.98 Å². The van der Waals surface area contributed by atoms with E-state index in [1.165, 1.54) is 31.7 Å². The van der Waals surface area contributed by atoms with Crippen LogP contribution in [-0.4, -0.2) is 31.6 Å². The van der Waals surface area contributed by atoms with Gasteiger partial charge in [0.1, 0.15) is 15.5 Å². The van der Waals surface area contributed by atoms with E-state index in [0.29, 0.717) is 5.56 Å². The summed E-state index contributed by atoms with van der Waals surface area (Å²) in [5.41, 5.74) is 0.509. The van der Waals surface area contributed by atoms with E-state index in [2.05, 4.69) is 9.71 Å². The highest BCUT2D eigenvalue weighted by Gasteiger charge is 2.27. The first-order valence-electron chi connectivity index (χ1n) is 5.70. The van der Waals surface area contributed by atoms with Crippen molar-refractivity contribution in [3.05, 3.63) is 34.2 Å². The van der Waals surface area contributed by atoms with Crippen LogP contribution in [0.2, 0.25) is 0 Å². The van der Waals surface area contributed by atoms with Crippen LogP contribution in [0.25, 0.3) is 0 Å². The third kappa shape index (κ3) is 2.98. The van der Waals surface area contributed by atoms with Crippen LogP contribution in [0, 0.1) is 6.92 Å². The van der Waals surface area contributed by atoms with E-state index in [1.54, 1.807) is 6.07 Å². The van der Waals surface area contributed by atoms with Gasteiger partial charge in [-0.15, -0.1) is 11.3 Å². The monoisotopic (exact) mass is 328 g/mol. The Morgan fingerprint density at radius 1 is 1.48 bits per heavy atom. The molecule has 21 heavy (non-hydrogen) atoms. The fourth-order valence-corrected chi connectivity index (χ4v) is 4.43. The standard InChI is InChI=1S/C12H12N2O5S2/c1-7-6-20-9(12(15)16)10(7)21(17,18)14-8-4-3-5-13-11(8)19-2/h3-6,14H,1-2H3,(H,15,16). The molecule has 2 aromatic rings. The maximum atomic E-state index is 12.4. The molecule has 2 N–H and O–H groups in total. The summed E-state index contributed by atoms with van der Waals surface area (Å²) in [4.78, 5) is 14.5. The third-order valence-corrected chi connectivity index (χ3v) is 5.36. The minimum atomic E-state index is -4.05. The molecule has 9 heteroatoms. The SMILES string of the molecule is COc1ncccc1NS(=O)(=O)c1c(C)csc1C(=O)O. The molecule has 0 aromatic carbocycles. The van der Waals surface area contributed by atoms with Gasteiger partial charge in [-0.2, -0.15) is 0 Å². The molecular formula is C12H12N2O5S2. The van der Waals surface area contributed by atoms with Gasteiger partial charge in [0.15, 0.2) is 0 Å². The summed E-state index contributed by atoms with van der Waals surface area (Å²) in [6.07, 6.45) is 1.45. The lowest BCUT2D eigenvalue weighted by molar-refractivity contribution is 0.0698. The Hall–Kier alpha value is -2.13. The molecule has 0 radical (unpaired) electrons. The lowest BCUT2D eigenvalue weighted by Gasteiger charge is -2.11. The Morgan fingerprint density at radius 3 is 2.81 bits per heavy atom. The molecule has 0 unspecified atom stereocenters. The number of pyridine rings is 1. The van der Waals surface area contributed by atoms with Gasteiger partial charge >= 0.3 is 5.97 Å². The number of anilines is 1. The highest BCUT2D eigenvalue weighted by molar-refractivity contribution is 7.93. The average molecular weight is 328 g/mol. The number of aryl methyl sites for hydroxylation is 1. The lowest BCUT2D eigenvalue weighted by Crippen LogP contribution is -2.17. The molecule has 0 saturated carbocycles. The summed E-state index contributed by atoms with van der Waals surface area (Å²) in [7, 11) is -2.69. The number of aromatic carboxylic acids is 1. The lowest BCUT2D eigenvalue weighted by atomic mass is 10.3. The summed E-state index contributed by atoms with van der Waals surface area (Å²) < 4.78 is 32.1. The number of methoxy groups -OCH3 is 1. The van der Waals surface area contributed by atoms with Crippen LogP contribution in [0.3, 0.4) is 0 Å². The van der Waals surface area contributed by atoms with Gasteiger partial charge in [0.25, 0.3) is 10.0 Å². The van der Waals surface area contributed by atoms with Gasteiger partial charge in [-0.05, 0) is 30.0 Å². The van der Waals surface area contributed by atoms with Crippen molar-refractivity contribution in [2.24, 2.45) is 0 Å². The largest absolute Gasteiger partial charge is 0.480 e. The Kier molecular flexibility index (Phi) is 4.14. The van der Waals surface area contributed by atoms with Crippen LogP contribution in [0.5, 0.6) is 5.88 Å². The highest BCUT2D eigenvalue weighted by Crippen LogP contribution is 2.30. The minimum Gasteiger partial charge on any atom is -0.480 e. The minimum absolute atomic E-state index is 0.103. The molecule has 0 amide bonds. The second-order valence-corrected chi connectivity index (χ2v) is 6.55. The Bertz CT molecular complexity index is 783. The number of hydrogen-bond acceptors (Lipinski definition) is 6. The number of nitrogens with one attached hydrogen (secondary N) is 1. The second kappa shape index (κ2) is 5.70. The molecule has 7 nitrogen and oxygen atoms in total. The summed E-state index contributed by atoms with van der Waals surface area (Å²) in [5, 5.41) is 10.6. The first-order chi connectivity index (χ1) is 9.86. The molecule has 0 fully saturated rings. The average Bonchev–Trinajstić information content (AvgIpc) is 2.82. The van der Waals surface area contributed by atoms with Gasteiger partial charge in [0, 0.05) is 6.20 Å². The molecule has 0 atom stereocenters. The van der Waals surface area contributed by atoms with Crippen molar-refractivity contribution in [2.75, 3.05) is 11.8 Å². The van der Waals surface area contributed by atoms with E-state index in [-0.39, 0.29) is 21.3 Å². The number of hydrogen-bond donors (Lipinski definition) is 2. The predicted octanol–water partition coefficient (Wildman–Crippen LogP) is 1.96. The smallest absolute Gasteiger partial charge is 0.347 e.